The summed E-state index contributed by atoms with van der Waals surface area (Å²) >= 11 is 0. The molecule has 3 heterocycles. The summed E-state index contributed by atoms with van der Waals surface area (Å²) in [4.78, 5) is 21.9. The quantitative estimate of drug-likeness (QED) is 0.837. The molecule has 4 heteroatoms. The standard InChI is InChI=1S/C17H23N3O/c1-4-14-15-6-5-7-18-17(15)20-9-8-19(12(2)3)11-13(20)10-16(14)21/h5-7,13-14H,2,4,8-11H2,1,3H3. The molecule has 21 heavy (non-hydrogen) atoms. The normalized spacial score (nSPS) is 25.1. The Hall–Kier alpha value is -1.84. The van der Waals surface area contributed by atoms with Gasteiger partial charge < -0.3 is 9.80 Å². The van der Waals surface area contributed by atoms with Gasteiger partial charge in [-0.1, -0.05) is 19.6 Å². The number of carbonyl (C=O) groups excluding carboxylic acids is 1. The minimum absolute atomic E-state index is 0.00224. The number of ketones is 1. The Bertz CT molecular complexity index is 569. The summed E-state index contributed by atoms with van der Waals surface area (Å²) in [6.07, 6.45) is 3.30. The van der Waals surface area contributed by atoms with Crippen molar-refractivity contribution in [2.45, 2.75) is 38.6 Å². The zero-order valence-corrected chi connectivity index (χ0v) is 12.9. The summed E-state index contributed by atoms with van der Waals surface area (Å²) in [6, 6.07) is 4.23. The van der Waals surface area contributed by atoms with Crippen LogP contribution in [0.15, 0.2) is 30.6 Å². The number of fused-ring (bicyclic) bond motifs is 3. The van der Waals surface area contributed by atoms with Crippen molar-refractivity contribution in [3.8, 4) is 0 Å². The molecule has 3 rings (SSSR count). The van der Waals surface area contributed by atoms with Crippen molar-refractivity contribution in [3.63, 3.8) is 0 Å². The predicted octanol–water partition coefficient (Wildman–Crippen LogP) is 2.57. The molecule has 112 valence electrons. The Morgan fingerprint density at radius 2 is 2.29 bits per heavy atom. The summed E-state index contributed by atoms with van der Waals surface area (Å²) in [6.45, 7) is 10.9. The average molecular weight is 285 g/mol. The molecule has 0 bridgehead atoms. The first-order valence-corrected chi connectivity index (χ1v) is 7.76. The smallest absolute Gasteiger partial charge is 0.142 e. The second-order valence-corrected chi connectivity index (χ2v) is 6.08. The number of aromatic nitrogens is 1. The van der Waals surface area contributed by atoms with Crippen molar-refractivity contribution in [1.82, 2.24) is 9.88 Å². The van der Waals surface area contributed by atoms with E-state index in [1.54, 1.807) is 0 Å². The molecule has 2 atom stereocenters. The molecule has 0 N–H and O–H groups in total. The third-order valence-corrected chi connectivity index (χ3v) is 4.72. The number of hydrogen-bond donors (Lipinski definition) is 0. The number of rotatable bonds is 2. The fraction of sp³-hybridized carbons (Fsp3) is 0.529. The Balaban J connectivity index is 1.99. The van der Waals surface area contributed by atoms with E-state index in [9.17, 15) is 4.79 Å². The van der Waals surface area contributed by atoms with Crippen molar-refractivity contribution < 1.29 is 4.79 Å². The van der Waals surface area contributed by atoms with E-state index in [1.165, 1.54) is 0 Å². The van der Waals surface area contributed by atoms with Gasteiger partial charge >= 0.3 is 0 Å². The number of carbonyl (C=O) groups is 1. The predicted molar refractivity (Wildman–Crippen MR) is 84.4 cm³/mol. The first-order valence-electron chi connectivity index (χ1n) is 7.76. The van der Waals surface area contributed by atoms with Crippen LogP contribution in [0.1, 0.15) is 38.2 Å². The van der Waals surface area contributed by atoms with E-state index in [1.807, 2.05) is 19.2 Å². The van der Waals surface area contributed by atoms with Crippen molar-refractivity contribution in [2.75, 3.05) is 24.5 Å². The van der Waals surface area contributed by atoms with Crippen LogP contribution in [-0.2, 0) is 4.79 Å². The summed E-state index contributed by atoms with van der Waals surface area (Å²) in [7, 11) is 0. The van der Waals surface area contributed by atoms with Crippen molar-refractivity contribution in [3.05, 3.63) is 36.2 Å². The van der Waals surface area contributed by atoms with Gasteiger partial charge in [0.05, 0.1) is 6.04 Å². The molecule has 0 radical (unpaired) electrons. The molecule has 1 aromatic rings. The van der Waals surface area contributed by atoms with E-state index in [4.69, 9.17) is 0 Å². The lowest BCUT2D eigenvalue weighted by molar-refractivity contribution is -0.120. The molecular formula is C17H23N3O. The maximum absolute atomic E-state index is 12.6. The van der Waals surface area contributed by atoms with Gasteiger partial charge in [0, 0.05) is 49.4 Å². The third kappa shape index (κ3) is 2.43. The van der Waals surface area contributed by atoms with Gasteiger partial charge in [0.1, 0.15) is 11.6 Å². The third-order valence-electron chi connectivity index (χ3n) is 4.72. The minimum Gasteiger partial charge on any atom is -0.372 e. The van der Waals surface area contributed by atoms with Gasteiger partial charge in [0.15, 0.2) is 0 Å². The number of Topliss-reactive ketones (excluding diaryl/α,β-unsaturated/α-hetero) is 1. The lowest BCUT2D eigenvalue weighted by atomic mass is 9.91. The number of anilines is 1. The van der Waals surface area contributed by atoms with Gasteiger partial charge in [-0.05, 0) is 19.4 Å². The van der Waals surface area contributed by atoms with Gasteiger partial charge in [-0.15, -0.1) is 0 Å². The van der Waals surface area contributed by atoms with Gasteiger partial charge in [0.2, 0.25) is 0 Å². The molecule has 2 aliphatic heterocycles. The molecule has 1 fully saturated rings. The zero-order chi connectivity index (χ0) is 15.0. The Labute approximate surface area is 126 Å². The first-order chi connectivity index (χ1) is 10.1. The van der Waals surface area contributed by atoms with Crippen LogP contribution in [0.2, 0.25) is 0 Å². The topological polar surface area (TPSA) is 36.4 Å². The zero-order valence-electron chi connectivity index (χ0n) is 12.9. The molecule has 2 unspecified atom stereocenters. The first kappa shape index (κ1) is 14.1. The molecule has 0 aliphatic carbocycles. The Morgan fingerprint density at radius 1 is 1.48 bits per heavy atom. The maximum atomic E-state index is 12.6. The number of pyridine rings is 1. The molecule has 0 spiro atoms. The van der Waals surface area contributed by atoms with Gasteiger partial charge in [-0.25, -0.2) is 4.98 Å². The van der Waals surface area contributed by atoms with E-state index in [-0.39, 0.29) is 12.0 Å². The second kappa shape index (κ2) is 5.51. The minimum atomic E-state index is -0.00224. The lowest BCUT2D eigenvalue weighted by Crippen LogP contribution is -2.53. The maximum Gasteiger partial charge on any atom is 0.142 e. The van der Waals surface area contributed by atoms with Crippen LogP contribution in [0.4, 0.5) is 5.82 Å². The largest absolute Gasteiger partial charge is 0.372 e. The molecule has 1 saturated heterocycles. The summed E-state index contributed by atoms with van der Waals surface area (Å²) in [5.41, 5.74) is 2.19. The van der Waals surface area contributed by atoms with Crippen molar-refractivity contribution >= 4 is 11.6 Å². The number of allylic oxidation sites excluding steroid dienone is 1. The fourth-order valence-electron chi connectivity index (χ4n) is 3.57. The number of hydrogen-bond acceptors (Lipinski definition) is 4. The second-order valence-electron chi connectivity index (χ2n) is 6.08. The van der Waals surface area contributed by atoms with Crippen LogP contribution in [-0.4, -0.2) is 41.3 Å². The Morgan fingerprint density at radius 3 is 3.00 bits per heavy atom. The van der Waals surface area contributed by atoms with Crippen LogP contribution in [0, 0.1) is 0 Å². The van der Waals surface area contributed by atoms with Crippen LogP contribution >= 0.6 is 0 Å². The average Bonchev–Trinajstić information content (AvgIpc) is 2.59. The van der Waals surface area contributed by atoms with Gasteiger partial charge in [0.25, 0.3) is 0 Å². The van der Waals surface area contributed by atoms with Gasteiger partial charge in [-0.3, -0.25) is 4.79 Å². The molecule has 0 aromatic carbocycles. The van der Waals surface area contributed by atoms with Crippen molar-refractivity contribution in [1.29, 1.82) is 0 Å². The van der Waals surface area contributed by atoms with Crippen LogP contribution in [0.25, 0.3) is 0 Å². The Kier molecular flexibility index (Phi) is 3.70. The highest BCUT2D eigenvalue weighted by atomic mass is 16.1. The number of piperazine rings is 1. The highest BCUT2D eigenvalue weighted by Gasteiger charge is 2.37. The molecule has 4 nitrogen and oxygen atoms in total. The van der Waals surface area contributed by atoms with E-state index in [0.29, 0.717) is 12.2 Å². The monoisotopic (exact) mass is 285 g/mol. The molecule has 0 amide bonds. The summed E-state index contributed by atoms with van der Waals surface area (Å²) in [5.74, 6) is 1.36. The van der Waals surface area contributed by atoms with E-state index < -0.39 is 0 Å². The lowest BCUT2D eigenvalue weighted by Gasteiger charge is -2.42. The van der Waals surface area contributed by atoms with Gasteiger partial charge in [-0.2, -0.15) is 0 Å². The summed E-state index contributed by atoms with van der Waals surface area (Å²) in [5, 5.41) is 0. The van der Waals surface area contributed by atoms with Crippen molar-refractivity contribution in [2.24, 2.45) is 0 Å². The van der Waals surface area contributed by atoms with Crippen LogP contribution in [0.3, 0.4) is 0 Å². The molecule has 1 aromatic heterocycles. The van der Waals surface area contributed by atoms with E-state index in [2.05, 4.69) is 34.4 Å². The van der Waals surface area contributed by atoms with Crippen LogP contribution in [0.5, 0.6) is 0 Å². The molecule has 2 aliphatic rings. The van der Waals surface area contributed by atoms with E-state index >= 15 is 0 Å². The SMILES string of the molecule is C=C(C)N1CCN2c3ncccc3C(CC)C(=O)CC2C1. The highest BCUT2D eigenvalue weighted by Crippen LogP contribution is 2.36. The highest BCUT2D eigenvalue weighted by molar-refractivity contribution is 5.89. The molecular weight excluding hydrogens is 262 g/mol. The number of nitrogens with zero attached hydrogens (tertiary/aromatic N) is 3. The molecule has 0 saturated carbocycles. The van der Waals surface area contributed by atoms with E-state index in [0.717, 1.165) is 43.1 Å². The summed E-state index contributed by atoms with van der Waals surface area (Å²) < 4.78 is 0. The fourth-order valence-corrected chi connectivity index (χ4v) is 3.57. The van der Waals surface area contributed by atoms with Crippen LogP contribution < -0.4 is 4.90 Å².